The second-order valence-corrected chi connectivity index (χ2v) is 6.83. The van der Waals surface area contributed by atoms with Crippen LogP contribution in [0.2, 0.25) is 0 Å². The Morgan fingerprint density at radius 2 is 2.26 bits per heavy atom. The molecular formula is C15H20BrNO2. The number of carboxylic acids is 1. The molecule has 0 aliphatic heterocycles. The van der Waals surface area contributed by atoms with E-state index in [0.29, 0.717) is 17.4 Å². The van der Waals surface area contributed by atoms with Crippen molar-refractivity contribution in [3.05, 3.63) is 34.3 Å². The number of carboxylic acid groups (broad SMARTS) is 1. The predicted octanol–water partition coefficient (Wildman–Crippen LogP) is 3.37. The Balaban J connectivity index is 2.28. The highest BCUT2D eigenvalue weighted by Gasteiger charge is 2.55. The lowest BCUT2D eigenvalue weighted by Gasteiger charge is -2.26. The van der Waals surface area contributed by atoms with Crippen LogP contribution >= 0.6 is 15.9 Å². The number of halogens is 1. The van der Waals surface area contributed by atoms with Crippen LogP contribution in [-0.4, -0.2) is 11.1 Å². The number of benzene rings is 1. The molecule has 0 aromatic heterocycles. The number of hydrogen-bond donors (Lipinski definition) is 2. The van der Waals surface area contributed by atoms with E-state index in [1.54, 1.807) is 0 Å². The monoisotopic (exact) mass is 325 g/mol. The molecule has 0 radical (unpaired) electrons. The lowest BCUT2D eigenvalue weighted by molar-refractivity contribution is -0.144. The molecule has 2 rings (SSSR count). The molecule has 0 heterocycles. The van der Waals surface area contributed by atoms with E-state index in [4.69, 9.17) is 5.73 Å². The topological polar surface area (TPSA) is 63.3 Å². The van der Waals surface area contributed by atoms with E-state index in [2.05, 4.69) is 29.8 Å². The largest absolute Gasteiger partial charge is 0.480 e. The molecule has 3 N–H and O–H groups in total. The predicted molar refractivity (Wildman–Crippen MR) is 78.7 cm³/mol. The summed E-state index contributed by atoms with van der Waals surface area (Å²) < 4.78 is 0.863. The molecular weight excluding hydrogens is 306 g/mol. The normalized spacial score (nSPS) is 25.1. The minimum absolute atomic E-state index is 0.0432. The maximum Gasteiger partial charge on any atom is 0.328 e. The van der Waals surface area contributed by atoms with Crippen molar-refractivity contribution in [3.63, 3.8) is 0 Å². The third-order valence-corrected chi connectivity index (χ3v) is 4.43. The van der Waals surface area contributed by atoms with Crippen LogP contribution in [0.5, 0.6) is 0 Å². The van der Waals surface area contributed by atoms with Gasteiger partial charge in [0.15, 0.2) is 0 Å². The van der Waals surface area contributed by atoms with Crippen LogP contribution in [0, 0.1) is 17.8 Å². The Morgan fingerprint density at radius 3 is 2.79 bits per heavy atom. The summed E-state index contributed by atoms with van der Waals surface area (Å²) in [4.78, 5) is 11.7. The van der Waals surface area contributed by atoms with Gasteiger partial charge in [0.1, 0.15) is 5.54 Å². The molecule has 3 atom stereocenters. The SMILES string of the molecule is CC(C)CC1CC1C(N)(C(=O)O)c1cccc(Br)c1. The third-order valence-electron chi connectivity index (χ3n) is 3.94. The first kappa shape index (κ1) is 14.5. The Labute approximate surface area is 122 Å². The summed E-state index contributed by atoms with van der Waals surface area (Å²) in [6.07, 6.45) is 1.96. The van der Waals surface area contributed by atoms with Gasteiger partial charge in [-0.15, -0.1) is 0 Å². The summed E-state index contributed by atoms with van der Waals surface area (Å²) in [5.41, 5.74) is 5.71. The molecule has 1 aliphatic carbocycles. The molecule has 0 saturated heterocycles. The summed E-state index contributed by atoms with van der Waals surface area (Å²) in [6.45, 7) is 4.32. The fraction of sp³-hybridized carbons (Fsp3) is 0.533. The van der Waals surface area contributed by atoms with Gasteiger partial charge in [-0.2, -0.15) is 0 Å². The highest BCUT2D eigenvalue weighted by molar-refractivity contribution is 9.10. The molecule has 4 heteroatoms. The lowest BCUT2D eigenvalue weighted by Crippen LogP contribution is -2.47. The van der Waals surface area contributed by atoms with E-state index >= 15 is 0 Å². The Kier molecular flexibility index (Phi) is 4.02. The van der Waals surface area contributed by atoms with Gasteiger partial charge in [-0.1, -0.05) is 41.9 Å². The summed E-state index contributed by atoms with van der Waals surface area (Å²) in [7, 11) is 0. The van der Waals surface area contributed by atoms with Crippen molar-refractivity contribution in [2.45, 2.75) is 32.2 Å². The molecule has 0 spiro atoms. The molecule has 1 fully saturated rings. The smallest absolute Gasteiger partial charge is 0.328 e. The maximum absolute atomic E-state index is 11.7. The van der Waals surface area contributed by atoms with Crippen molar-refractivity contribution in [2.75, 3.05) is 0 Å². The second-order valence-electron chi connectivity index (χ2n) is 5.92. The minimum Gasteiger partial charge on any atom is -0.480 e. The first-order chi connectivity index (χ1) is 8.85. The highest BCUT2D eigenvalue weighted by atomic mass is 79.9. The van der Waals surface area contributed by atoms with Crippen LogP contribution in [0.4, 0.5) is 0 Å². The van der Waals surface area contributed by atoms with Gasteiger partial charge >= 0.3 is 5.97 Å². The summed E-state index contributed by atoms with van der Waals surface area (Å²) in [6, 6.07) is 7.34. The lowest BCUT2D eigenvalue weighted by atomic mass is 9.84. The molecule has 1 aromatic carbocycles. The molecule has 1 aromatic rings. The number of rotatable bonds is 5. The quantitative estimate of drug-likeness (QED) is 0.872. The first-order valence-electron chi connectivity index (χ1n) is 6.64. The summed E-state index contributed by atoms with van der Waals surface area (Å²) in [5, 5.41) is 9.60. The van der Waals surface area contributed by atoms with Crippen molar-refractivity contribution in [2.24, 2.45) is 23.5 Å². The van der Waals surface area contributed by atoms with Crippen LogP contribution in [0.25, 0.3) is 0 Å². The molecule has 104 valence electrons. The van der Waals surface area contributed by atoms with Gasteiger partial charge in [-0.3, -0.25) is 0 Å². The van der Waals surface area contributed by atoms with E-state index in [1.165, 1.54) is 0 Å². The standard InChI is InChI=1S/C15H20BrNO2/c1-9(2)6-10-7-13(10)15(17,14(18)19)11-4-3-5-12(16)8-11/h3-5,8-10,13H,6-7,17H2,1-2H3,(H,18,19). The van der Waals surface area contributed by atoms with Crippen molar-refractivity contribution in [1.29, 1.82) is 0 Å². The average Bonchev–Trinajstić information content (AvgIpc) is 3.06. The minimum atomic E-state index is -1.26. The van der Waals surface area contributed by atoms with Gasteiger partial charge in [-0.25, -0.2) is 4.79 Å². The van der Waals surface area contributed by atoms with E-state index < -0.39 is 11.5 Å². The molecule has 1 aliphatic rings. The molecule has 1 saturated carbocycles. The van der Waals surface area contributed by atoms with Crippen LogP contribution in [0.15, 0.2) is 28.7 Å². The number of hydrogen-bond acceptors (Lipinski definition) is 2. The van der Waals surface area contributed by atoms with E-state index in [1.807, 2.05) is 24.3 Å². The number of carbonyl (C=O) groups is 1. The Bertz CT molecular complexity index is 489. The first-order valence-corrected chi connectivity index (χ1v) is 7.43. The van der Waals surface area contributed by atoms with Crippen molar-refractivity contribution >= 4 is 21.9 Å². The van der Waals surface area contributed by atoms with Crippen molar-refractivity contribution in [1.82, 2.24) is 0 Å². The zero-order chi connectivity index (χ0) is 14.2. The highest BCUT2D eigenvalue weighted by Crippen LogP contribution is 2.52. The van der Waals surface area contributed by atoms with Crippen molar-refractivity contribution in [3.8, 4) is 0 Å². The number of nitrogens with two attached hydrogens (primary N) is 1. The third kappa shape index (κ3) is 2.84. The van der Waals surface area contributed by atoms with Gasteiger partial charge in [-0.05, 0) is 48.3 Å². The Morgan fingerprint density at radius 1 is 1.58 bits per heavy atom. The molecule has 3 unspecified atom stereocenters. The average molecular weight is 326 g/mol. The molecule has 0 bridgehead atoms. The van der Waals surface area contributed by atoms with Gasteiger partial charge in [0, 0.05) is 4.47 Å². The fourth-order valence-corrected chi connectivity index (χ4v) is 3.31. The maximum atomic E-state index is 11.7. The van der Waals surface area contributed by atoms with Gasteiger partial charge < -0.3 is 10.8 Å². The summed E-state index contributed by atoms with van der Waals surface area (Å²) in [5.74, 6) is 0.124. The zero-order valence-electron chi connectivity index (χ0n) is 11.3. The van der Waals surface area contributed by atoms with E-state index in [9.17, 15) is 9.90 Å². The van der Waals surface area contributed by atoms with Gasteiger partial charge in [0.2, 0.25) is 0 Å². The van der Waals surface area contributed by atoms with Gasteiger partial charge in [0.25, 0.3) is 0 Å². The van der Waals surface area contributed by atoms with E-state index in [-0.39, 0.29) is 5.92 Å². The summed E-state index contributed by atoms with van der Waals surface area (Å²) >= 11 is 3.38. The fourth-order valence-electron chi connectivity index (χ4n) is 2.91. The van der Waals surface area contributed by atoms with Crippen LogP contribution in [0.1, 0.15) is 32.3 Å². The van der Waals surface area contributed by atoms with Crippen molar-refractivity contribution < 1.29 is 9.90 Å². The number of aliphatic carboxylic acids is 1. The zero-order valence-corrected chi connectivity index (χ0v) is 12.9. The molecule has 0 amide bonds. The molecule has 19 heavy (non-hydrogen) atoms. The molecule has 3 nitrogen and oxygen atoms in total. The van der Waals surface area contributed by atoms with Crippen LogP contribution < -0.4 is 5.73 Å². The van der Waals surface area contributed by atoms with Gasteiger partial charge in [0.05, 0.1) is 0 Å². The van der Waals surface area contributed by atoms with E-state index in [0.717, 1.165) is 17.3 Å². The Hall–Kier alpha value is -0.870. The second kappa shape index (κ2) is 5.25. The van der Waals surface area contributed by atoms with Crippen LogP contribution in [-0.2, 0) is 10.3 Å². The van der Waals surface area contributed by atoms with Crippen LogP contribution in [0.3, 0.4) is 0 Å².